The number of fused-ring (bicyclic) bond motifs is 2. The van der Waals surface area contributed by atoms with E-state index in [4.69, 9.17) is 4.74 Å². The van der Waals surface area contributed by atoms with Crippen LogP contribution in [-0.4, -0.2) is 41.0 Å². The van der Waals surface area contributed by atoms with Crippen LogP contribution in [0.2, 0.25) is 0 Å². The highest BCUT2D eigenvalue weighted by atomic mass is 19.1. The molecule has 178 valence electrons. The molecule has 1 aromatic carbocycles. The summed E-state index contributed by atoms with van der Waals surface area (Å²) in [5.41, 5.74) is 1.70. The number of amides is 1. The number of carbonyl (C=O) groups excluding carboxylic acids is 1. The summed E-state index contributed by atoms with van der Waals surface area (Å²) < 4.78 is 22.3. The highest BCUT2D eigenvalue weighted by Crippen LogP contribution is 2.50. The lowest BCUT2D eigenvalue weighted by atomic mass is 10.1. The van der Waals surface area contributed by atoms with E-state index in [-0.39, 0.29) is 18.2 Å². The van der Waals surface area contributed by atoms with Gasteiger partial charge in [0, 0.05) is 37.0 Å². The van der Waals surface area contributed by atoms with Crippen molar-refractivity contribution < 1.29 is 19.0 Å². The highest BCUT2D eigenvalue weighted by molar-refractivity contribution is 6.04. The molecule has 1 fully saturated rings. The van der Waals surface area contributed by atoms with Crippen LogP contribution in [0, 0.1) is 12.7 Å². The molecule has 4 heterocycles. The largest absolute Gasteiger partial charge is 0.472 e. The molecule has 3 aromatic heterocycles. The van der Waals surface area contributed by atoms with Crippen molar-refractivity contribution in [2.75, 3.05) is 4.90 Å². The number of rotatable bonds is 4. The molecule has 6 rings (SSSR count). The average Bonchev–Trinajstić information content (AvgIpc) is 3.54. The van der Waals surface area contributed by atoms with E-state index in [1.807, 2.05) is 17.5 Å². The monoisotopic (exact) mass is 474 g/mol. The van der Waals surface area contributed by atoms with Crippen LogP contribution in [0.25, 0.3) is 16.9 Å². The Hall–Kier alpha value is -3.92. The third kappa shape index (κ3) is 3.44. The molecule has 2 aliphatic rings. The van der Waals surface area contributed by atoms with Gasteiger partial charge in [-0.05, 0) is 32.9 Å². The second-order valence-electron chi connectivity index (χ2n) is 9.57. The van der Waals surface area contributed by atoms with Crippen LogP contribution in [0.15, 0.2) is 43.0 Å². The van der Waals surface area contributed by atoms with Crippen molar-refractivity contribution in [3.8, 4) is 17.0 Å². The molecule has 1 aliphatic carbocycles. The molecule has 10 heteroatoms. The number of aryl methyl sites for hydroxylation is 1. The molecular formula is C25H23FN6O3. The topological polar surface area (TPSA) is 106 Å². The minimum absolute atomic E-state index is 0.113. The zero-order valence-corrected chi connectivity index (χ0v) is 19.5. The number of hydrogen-bond donors (Lipinski definition) is 1. The third-order valence-electron chi connectivity index (χ3n) is 6.48. The van der Waals surface area contributed by atoms with Crippen LogP contribution in [0.5, 0.6) is 5.75 Å². The van der Waals surface area contributed by atoms with E-state index in [9.17, 15) is 14.3 Å². The van der Waals surface area contributed by atoms with Gasteiger partial charge in [-0.3, -0.25) is 19.1 Å². The zero-order valence-electron chi connectivity index (χ0n) is 19.5. The molecule has 35 heavy (non-hydrogen) atoms. The van der Waals surface area contributed by atoms with Gasteiger partial charge in [0.05, 0.1) is 35.5 Å². The number of nitrogens with zero attached hydrogens (tertiary/aromatic N) is 6. The normalized spacial score (nSPS) is 16.5. The summed E-state index contributed by atoms with van der Waals surface area (Å²) in [6.45, 7) is 5.31. The first kappa shape index (κ1) is 21.6. The molecule has 1 amide bonds. The van der Waals surface area contributed by atoms with Gasteiger partial charge in [0.1, 0.15) is 5.60 Å². The van der Waals surface area contributed by atoms with Crippen molar-refractivity contribution in [3.05, 3.63) is 66.0 Å². The Labute approximate surface area is 200 Å². The maximum Gasteiger partial charge on any atom is 0.271 e. The summed E-state index contributed by atoms with van der Waals surface area (Å²) in [6.07, 6.45) is 7.82. The SMILES string of the molecule is Cc1nc2cnc(-c3cnc(C(C)(C)O)nc3)cn2c1CN1C(=O)C2(CC2)Oc2c(F)cccc21. The van der Waals surface area contributed by atoms with E-state index in [0.717, 1.165) is 11.4 Å². The van der Waals surface area contributed by atoms with Gasteiger partial charge in [-0.2, -0.15) is 0 Å². The molecule has 0 atom stereocenters. The van der Waals surface area contributed by atoms with Gasteiger partial charge < -0.3 is 9.84 Å². The van der Waals surface area contributed by atoms with Gasteiger partial charge in [-0.15, -0.1) is 0 Å². The lowest BCUT2D eigenvalue weighted by Gasteiger charge is -2.34. The first-order chi connectivity index (χ1) is 16.7. The average molecular weight is 474 g/mol. The Kier molecular flexibility index (Phi) is 4.50. The number of imidazole rings is 1. The van der Waals surface area contributed by atoms with Crippen LogP contribution < -0.4 is 9.64 Å². The van der Waals surface area contributed by atoms with Gasteiger partial charge in [0.2, 0.25) is 0 Å². The van der Waals surface area contributed by atoms with E-state index in [2.05, 4.69) is 19.9 Å². The molecular weight excluding hydrogens is 451 g/mol. The Morgan fingerprint density at radius 3 is 2.60 bits per heavy atom. The van der Waals surface area contributed by atoms with Crippen molar-refractivity contribution >= 4 is 17.2 Å². The summed E-state index contributed by atoms with van der Waals surface area (Å²) in [5.74, 6) is -0.230. The van der Waals surface area contributed by atoms with Crippen molar-refractivity contribution in [2.24, 2.45) is 0 Å². The Morgan fingerprint density at radius 2 is 1.91 bits per heavy atom. The van der Waals surface area contributed by atoms with Gasteiger partial charge in [-0.1, -0.05) is 6.07 Å². The van der Waals surface area contributed by atoms with Gasteiger partial charge in [0.25, 0.3) is 5.91 Å². The van der Waals surface area contributed by atoms with Gasteiger partial charge >= 0.3 is 0 Å². The summed E-state index contributed by atoms with van der Waals surface area (Å²) in [5, 5.41) is 10.1. The van der Waals surface area contributed by atoms with E-state index < -0.39 is 17.0 Å². The number of carbonyl (C=O) groups is 1. The van der Waals surface area contributed by atoms with Gasteiger partial charge in [-0.25, -0.2) is 19.3 Å². The fourth-order valence-corrected chi connectivity index (χ4v) is 4.38. The summed E-state index contributed by atoms with van der Waals surface area (Å²) in [4.78, 5) is 32.6. The van der Waals surface area contributed by atoms with E-state index in [1.54, 1.807) is 49.5 Å². The van der Waals surface area contributed by atoms with Crippen molar-refractivity contribution in [1.82, 2.24) is 24.3 Å². The van der Waals surface area contributed by atoms with Crippen molar-refractivity contribution in [2.45, 2.75) is 51.4 Å². The predicted octanol–water partition coefficient (Wildman–Crippen LogP) is 3.32. The molecule has 1 spiro atoms. The Bertz CT molecular complexity index is 1490. The van der Waals surface area contributed by atoms with E-state index >= 15 is 0 Å². The lowest BCUT2D eigenvalue weighted by molar-refractivity contribution is -0.128. The van der Waals surface area contributed by atoms with Crippen LogP contribution in [-0.2, 0) is 16.9 Å². The second kappa shape index (κ2) is 7.29. The predicted molar refractivity (Wildman–Crippen MR) is 124 cm³/mol. The minimum Gasteiger partial charge on any atom is -0.472 e. The first-order valence-electron chi connectivity index (χ1n) is 11.3. The standard InChI is InChI=1S/C25H23FN6O3/c1-14-19(13-32-18-6-4-5-16(26)21(18)35-25(7-8-25)23(32)33)31-12-17(27-11-20(31)30-14)15-9-28-22(29-10-15)24(2,3)34/h4-6,9-12,34H,7-8,13H2,1-3H3. The number of aromatic nitrogens is 5. The van der Waals surface area contributed by atoms with Crippen molar-refractivity contribution in [1.29, 1.82) is 0 Å². The van der Waals surface area contributed by atoms with Crippen molar-refractivity contribution in [3.63, 3.8) is 0 Å². The fraction of sp³-hybridized carbons (Fsp3) is 0.320. The van der Waals surface area contributed by atoms with Gasteiger partial charge in [0.15, 0.2) is 28.6 Å². The molecule has 1 N–H and O–H groups in total. The fourth-order valence-electron chi connectivity index (χ4n) is 4.38. The van der Waals surface area contributed by atoms with Crippen LogP contribution in [0.1, 0.15) is 43.9 Å². The molecule has 0 saturated heterocycles. The number of hydrogen-bond acceptors (Lipinski definition) is 7. The smallest absolute Gasteiger partial charge is 0.271 e. The number of halogens is 1. The number of ether oxygens (including phenoxy) is 1. The summed E-state index contributed by atoms with van der Waals surface area (Å²) in [6, 6.07) is 4.60. The maximum atomic E-state index is 14.6. The Morgan fingerprint density at radius 1 is 1.17 bits per heavy atom. The quantitative estimate of drug-likeness (QED) is 0.484. The molecule has 9 nitrogen and oxygen atoms in total. The van der Waals surface area contributed by atoms with Crippen LogP contribution >= 0.6 is 0 Å². The number of anilines is 1. The van der Waals surface area contributed by atoms with E-state index in [0.29, 0.717) is 41.3 Å². The summed E-state index contributed by atoms with van der Waals surface area (Å²) >= 11 is 0. The molecule has 1 aliphatic heterocycles. The second-order valence-corrected chi connectivity index (χ2v) is 9.57. The number of para-hydroxylation sites is 1. The minimum atomic E-state index is -1.15. The third-order valence-corrected chi connectivity index (χ3v) is 6.48. The maximum absolute atomic E-state index is 14.6. The zero-order chi connectivity index (χ0) is 24.5. The molecule has 0 bridgehead atoms. The highest BCUT2D eigenvalue weighted by Gasteiger charge is 2.58. The first-order valence-corrected chi connectivity index (χ1v) is 11.3. The molecule has 0 unspecified atom stereocenters. The molecule has 0 radical (unpaired) electrons. The lowest BCUT2D eigenvalue weighted by Crippen LogP contribution is -2.47. The van der Waals surface area contributed by atoms with E-state index in [1.165, 1.54) is 6.07 Å². The number of aliphatic hydroxyl groups is 1. The molecule has 1 saturated carbocycles. The molecule has 4 aromatic rings. The Balaban J connectivity index is 1.41. The van der Waals surface area contributed by atoms with Crippen LogP contribution in [0.3, 0.4) is 0 Å². The number of benzene rings is 1. The summed E-state index contributed by atoms with van der Waals surface area (Å²) in [7, 11) is 0. The van der Waals surface area contributed by atoms with Crippen LogP contribution in [0.4, 0.5) is 10.1 Å².